The molecule has 2 aromatic carbocycles. The predicted octanol–water partition coefficient (Wildman–Crippen LogP) is 3.16. The number of carbonyl (C=O) groups is 1. The molecule has 0 fully saturated rings. The van der Waals surface area contributed by atoms with Crippen molar-refractivity contribution < 1.29 is 23.1 Å². The van der Waals surface area contributed by atoms with Gasteiger partial charge in [0.1, 0.15) is 5.75 Å². The summed E-state index contributed by atoms with van der Waals surface area (Å²) in [4.78, 5) is 10.9. The standard InChI is InChI=1S/C20H25NO5S/c1-13-9-14(2)20(15(3)10-13)27(24,25)21-11-16(4)17-5-7-18(8-6-17)26-12-19(22)23/h5-10,16,21H,11-12H2,1-4H3,(H,22,23). The molecule has 0 bridgehead atoms. The molecule has 0 aliphatic rings. The van der Waals surface area contributed by atoms with E-state index in [0.717, 1.165) is 22.3 Å². The van der Waals surface area contributed by atoms with Gasteiger partial charge in [0.2, 0.25) is 10.0 Å². The van der Waals surface area contributed by atoms with E-state index in [9.17, 15) is 13.2 Å². The molecule has 0 radical (unpaired) electrons. The summed E-state index contributed by atoms with van der Waals surface area (Å²) in [6, 6.07) is 10.7. The fraction of sp³-hybridized carbons (Fsp3) is 0.350. The van der Waals surface area contributed by atoms with Gasteiger partial charge in [-0.3, -0.25) is 0 Å². The molecule has 0 saturated heterocycles. The number of ether oxygens (including phenoxy) is 1. The highest BCUT2D eigenvalue weighted by atomic mass is 32.2. The molecule has 1 atom stereocenters. The van der Waals surface area contributed by atoms with E-state index in [0.29, 0.717) is 10.6 Å². The van der Waals surface area contributed by atoms with E-state index in [2.05, 4.69) is 4.72 Å². The highest BCUT2D eigenvalue weighted by Crippen LogP contribution is 2.23. The third kappa shape index (κ3) is 5.55. The van der Waals surface area contributed by atoms with Crippen LogP contribution in [-0.2, 0) is 14.8 Å². The molecule has 0 spiro atoms. The zero-order chi connectivity index (χ0) is 20.2. The van der Waals surface area contributed by atoms with Crippen LogP contribution in [0.3, 0.4) is 0 Å². The molecule has 2 N–H and O–H groups in total. The first kappa shape index (κ1) is 20.9. The van der Waals surface area contributed by atoms with E-state index in [1.54, 1.807) is 38.1 Å². The molecule has 0 aliphatic heterocycles. The summed E-state index contributed by atoms with van der Waals surface area (Å²) in [5, 5.41) is 8.62. The average Bonchev–Trinajstić information content (AvgIpc) is 2.57. The van der Waals surface area contributed by atoms with Crippen LogP contribution in [0.15, 0.2) is 41.3 Å². The number of nitrogens with one attached hydrogen (secondary N) is 1. The summed E-state index contributed by atoms with van der Waals surface area (Å²) >= 11 is 0. The van der Waals surface area contributed by atoms with Gasteiger partial charge in [0.25, 0.3) is 0 Å². The van der Waals surface area contributed by atoms with Gasteiger partial charge in [-0.2, -0.15) is 0 Å². The largest absolute Gasteiger partial charge is 0.482 e. The number of hydrogen-bond acceptors (Lipinski definition) is 4. The van der Waals surface area contributed by atoms with Crippen molar-refractivity contribution in [1.29, 1.82) is 0 Å². The first-order valence-corrected chi connectivity index (χ1v) is 10.1. The normalized spacial score (nSPS) is 12.6. The van der Waals surface area contributed by atoms with Crippen LogP contribution < -0.4 is 9.46 Å². The van der Waals surface area contributed by atoms with E-state index in [4.69, 9.17) is 9.84 Å². The Balaban J connectivity index is 2.06. The predicted molar refractivity (Wildman–Crippen MR) is 104 cm³/mol. The zero-order valence-corrected chi connectivity index (χ0v) is 16.8. The summed E-state index contributed by atoms with van der Waals surface area (Å²) in [6.45, 7) is 7.32. The van der Waals surface area contributed by atoms with E-state index in [1.807, 2.05) is 26.0 Å². The van der Waals surface area contributed by atoms with Crippen molar-refractivity contribution in [2.75, 3.05) is 13.2 Å². The van der Waals surface area contributed by atoms with Crippen molar-refractivity contribution in [2.45, 2.75) is 38.5 Å². The summed E-state index contributed by atoms with van der Waals surface area (Å²) in [5.74, 6) is -0.636. The van der Waals surface area contributed by atoms with Crippen molar-refractivity contribution in [2.24, 2.45) is 0 Å². The molecule has 0 heterocycles. The number of carboxylic acid groups (broad SMARTS) is 1. The molecule has 0 aliphatic carbocycles. The fourth-order valence-corrected chi connectivity index (χ4v) is 4.63. The SMILES string of the molecule is Cc1cc(C)c(S(=O)(=O)NCC(C)c2ccc(OCC(=O)O)cc2)c(C)c1. The number of aliphatic carboxylic acids is 1. The Kier molecular flexibility index (Phi) is 6.62. The highest BCUT2D eigenvalue weighted by molar-refractivity contribution is 7.89. The highest BCUT2D eigenvalue weighted by Gasteiger charge is 2.20. The lowest BCUT2D eigenvalue weighted by atomic mass is 10.0. The fourth-order valence-electron chi connectivity index (χ4n) is 3.05. The van der Waals surface area contributed by atoms with Crippen LogP contribution in [0.4, 0.5) is 0 Å². The number of sulfonamides is 1. The number of benzene rings is 2. The van der Waals surface area contributed by atoms with Gasteiger partial charge >= 0.3 is 5.97 Å². The van der Waals surface area contributed by atoms with Crippen LogP contribution in [0.2, 0.25) is 0 Å². The maximum Gasteiger partial charge on any atom is 0.341 e. The van der Waals surface area contributed by atoms with Gasteiger partial charge in [-0.1, -0.05) is 36.8 Å². The van der Waals surface area contributed by atoms with Gasteiger partial charge < -0.3 is 9.84 Å². The van der Waals surface area contributed by atoms with Crippen LogP contribution in [0.5, 0.6) is 5.75 Å². The van der Waals surface area contributed by atoms with Crippen LogP contribution in [0, 0.1) is 20.8 Å². The first-order valence-electron chi connectivity index (χ1n) is 8.62. The topological polar surface area (TPSA) is 92.7 Å². The Morgan fingerprint density at radius 3 is 2.19 bits per heavy atom. The van der Waals surface area contributed by atoms with Crippen molar-refractivity contribution in [1.82, 2.24) is 4.72 Å². The Morgan fingerprint density at radius 2 is 1.67 bits per heavy atom. The molecule has 2 rings (SSSR count). The van der Waals surface area contributed by atoms with Gasteiger partial charge in [0, 0.05) is 6.54 Å². The first-order chi connectivity index (χ1) is 12.6. The third-order valence-electron chi connectivity index (χ3n) is 4.26. The minimum Gasteiger partial charge on any atom is -0.482 e. The van der Waals surface area contributed by atoms with Crippen molar-refractivity contribution in [3.8, 4) is 5.75 Å². The van der Waals surface area contributed by atoms with Gasteiger partial charge in [-0.15, -0.1) is 0 Å². The molecule has 1 unspecified atom stereocenters. The average molecular weight is 391 g/mol. The maximum atomic E-state index is 12.7. The van der Waals surface area contributed by atoms with E-state index >= 15 is 0 Å². The van der Waals surface area contributed by atoms with Crippen molar-refractivity contribution >= 4 is 16.0 Å². The lowest BCUT2D eigenvalue weighted by molar-refractivity contribution is -0.139. The molecule has 0 aromatic heterocycles. The monoisotopic (exact) mass is 391 g/mol. The Bertz CT molecular complexity index is 897. The number of rotatable bonds is 8. The van der Waals surface area contributed by atoms with Crippen LogP contribution in [0.25, 0.3) is 0 Å². The van der Waals surface area contributed by atoms with Crippen LogP contribution in [0.1, 0.15) is 35.1 Å². The van der Waals surface area contributed by atoms with Gasteiger partial charge in [0.05, 0.1) is 4.90 Å². The lowest BCUT2D eigenvalue weighted by Crippen LogP contribution is -2.29. The minimum absolute atomic E-state index is 0.0561. The van der Waals surface area contributed by atoms with E-state index in [1.165, 1.54) is 0 Å². The van der Waals surface area contributed by atoms with E-state index in [-0.39, 0.29) is 12.5 Å². The lowest BCUT2D eigenvalue weighted by Gasteiger charge is -2.16. The second-order valence-electron chi connectivity index (χ2n) is 6.73. The van der Waals surface area contributed by atoms with Crippen molar-refractivity contribution in [3.05, 3.63) is 58.7 Å². The number of aryl methyl sites for hydroxylation is 3. The molecule has 0 saturated carbocycles. The zero-order valence-electron chi connectivity index (χ0n) is 15.9. The summed E-state index contributed by atoms with van der Waals surface area (Å²) in [7, 11) is -3.61. The molecule has 6 nitrogen and oxygen atoms in total. The molecule has 7 heteroatoms. The smallest absolute Gasteiger partial charge is 0.341 e. The van der Waals surface area contributed by atoms with Gasteiger partial charge in [-0.25, -0.2) is 17.9 Å². The minimum atomic E-state index is -3.61. The molecular weight excluding hydrogens is 366 g/mol. The molecule has 0 amide bonds. The van der Waals surface area contributed by atoms with Gasteiger partial charge in [-0.05, 0) is 55.5 Å². The second-order valence-corrected chi connectivity index (χ2v) is 8.44. The second kappa shape index (κ2) is 8.54. The molecular formula is C20H25NO5S. The third-order valence-corrected chi connectivity index (χ3v) is 5.99. The Hall–Kier alpha value is -2.38. The van der Waals surface area contributed by atoms with Crippen LogP contribution >= 0.6 is 0 Å². The summed E-state index contributed by atoms with van der Waals surface area (Å²) < 4.78 is 33.3. The summed E-state index contributed by atoms with van der Waals surface area (Å²) in [6.07, 6.45) is 0. The molecule has 2 aromatic rings. The maximum absolute atomic E-state index is 12.7. The quantitative estimate of drug-likeness (QED) is 0.721. The Morgan fingerprint density at radius 1 is 1.11 bits per heavy atom. The summed E-state index contributed by atoms with van der Waals surface area (Å²) in [5.41, 5.74) is 3.42. The Labute approximate surface area is 160 Å². The number of carboxylic acids is 1. The van der Waals surface area contributed by atoms with E-state index < -0.39 is 22.6 Å². The number of hydrogen-bond donors (Lipinski definition) is 2. The van der Waals surface area contributed by atoms with Gasteiger partial charge in [0.15, 0.2) is 6.61 Å². The molecule has 146 valence electrons. The van der Waals surface area contributed by atoms with Crippen LogP contribution in [-0.4, -0.2) is 32.6 Å². The molecule has 27 heavy (non-hydrogen) atoms. The van der Waals surface area contributed by atoms with Crippen molar-refractivity contribution in [3.63, 3.8) is 0 Å².